The Kier molecular flexibility index (Phi) is 9.00. The summed E-state index contributed by atoms with van der Waals surface area (Å²) in [5.41, 5.74) is 0. The van der Waals surface area contributed by atoms with Crippen LogP contribution in [0, 0.1) is 0 Å². The second-order valence-corrected chi connectivity index (χ2v) is 2.63. The lowest BCUT2D eigenvalue weighted by molar-refractivity contribution is -0.137. The van der Waals surface area contributed by atoms with Crippen molar-refractivity contribution >= 4 is 12.1 Å². The van der Waals surface area contributed by atoms with E-state index in [1.54, 1.807) is 0 Å². The summed E-state index contributed by atoms with van der Waals surface area (Å²) < 4.78 is 14.3. The molecule has 0 spiro atoms. The van der Waals surface area contributed by atoms with E-state index < -0.39 is 12.1 Å². The molecule has 0 atom stereocenters. The van der Waals surface area contributed by atoms with Crippen molar-refractivity contribution in [1.29, 1.82) is 0 Å². The van der Waals surface area contributed by atoms with Gasteiger partial charge in [0.1, 0.15) is 13.2 Å². The van der Waals surface area contributed by atoms with Crippen LogP contribution < -0.4 is 5.32 Å². The standard InChI is InChI=1S/C10H17NO5.H2/c1-3-9(12)15-6-5-11-10(13)16-8-7-14-4-2;/h3H,1,4-8H2,2H3,(H,11,13);1H. The van der Waals surface area contributed by atoms with Crippen LogP contribution in [0.4, 0.5) is 4.79 Å². The molecule has 0 saturated heterocycles. The van der Waals surface area contributed by atoms with Gasteiger partial charge in [0, 0.05) is 14.1 Å². The number of amides is 1. The lowest BCUT2D eigenvalue weighted by Gasteiger charge is -2.06. The largest absolute Gasteiger partial charge is 0.461 e. The minimum absolute atomic E-state index is 0. The predicted molar refractivity (Wildman–Crippen MR) is 59.1 cm³/mol. The highest BCUT2D eigenvalue weighted by molar-refractivity contribution is 5.81. The third-order valence-corrected chi connectivity index (χ3v) is 1.45. The van der Waals surface area contributed by atoms with Crippen LogP contribution in [0.5, 0.6) is 0 Å². The normalized spacial score (nSPS) is 9.31. The van der Waals surface area contributed by atoms with Crippen molar-refractivity contribution in [2.75, 3.05) is 33.0 Å². The third kappa shape index (κ3) is 9.01. The van der Waals surface area contributed by atoms with E-state index in [4.69, 9.17) is 9.47 Å². The van der Waals surface area contributed by atoms with Crippen molar-refractivity contribution in [1.82, 2.24) is 5.32 Å². The molecule has 0 radical (unpaired) electrons. The molecule has 94 valence electrons. The fraction of sp³-hybridized carbons (Fsp3) is 0.600. The Morgan fingerprint density at radius 2 is 2.06 bits per heavy atom. The van der Waals surface area contributed by atoms with E-state index in [0.29, 0.717) is 13.2 Å². The molecule has 0 saturated carbocycles. The third-order valence-electron chi connectivity index (χ3n) is 1.45. The maximum atomic E-state index is 11.0. The Balaban J connectivity index is 0. The first kappa shape index (κ1) is 14.4. The van der Waals surface area contributed by atoms with Crippen LogP contribution in [-0.2, 0) is 19.0 Å². The van der Waals surface area contributed by atoms with Gasteiger partial charge in [-0.05, 0) is 6.92 Å². The fourth-order valence-electron chi connectivity index (χ4n) is 0.752. The van der Waals surface area contributed by atoms with Crippen LogP contribution in [0.15, 0.2) is 12.7 Å². The van der Waals surface area contributed by atoms with Gasteiger partial charge in [0.15, 0.2) is 0 Å². The maximum absolute atomic E-state index is 11.0. The van der Waals surface area contributed by atoms with E-state index in [1.165, 1.54) is 0 Å². The Morgan fingerprint density at radius 3 is 2.69 bits per heavy atom. The average Bonchev–Trinajstić information content (AvgIpc) is 2.30. The van der Waals surface area contributed by atoms with E-state index in [1.807, 2.05) is 6.92 Å². The molecule has 0 aromatic rings. The first-order valence-electron chi connectivity index (χ1n) is 4.98. The molecule has 0 aliphatic rings. The van der Waals surface area contributed by atoms with Crippen molar-refractivity contribution in [3.8, 4) is 0 Å². The number of carbonyl (C=O) groups excluding carboxylic acids is 2. The number of esters is 1. The van der Waals surface area contributed by atoms with Crippen LogP contribution >= 0.6 is 0 Å². The summed E-state index contributed by atoms with van der Waals surface area (Å²) in [6, 6.07) is 0. The molecular weight excluding hydrogens is 214 g/mol. The Hall–Kier alpha value is -1.56. The van der Waals surface area contributed by atoms with Gasteiger partial charge in [-0.3, -0.25) is 0 Å². The number of rotatable bonds is 8. The molecule has 6 heteroatoms. The molecule has 1 N–H and O–H groups in total. The molecule has 0 aliphatic carbocycles. The summed E-state index contributed by atoms with van der Waals surface area (Å²) in [6.45, 7) is 6.53. The van der Waals surface area contributed by atoms with Gasteiger partial charge in [-0.25, -0.2) is 9.59 Å². The van der Waals surface area contributed by atoms with Crippen molar-refractivity contribution in [3.63, 3.8) is 0 Å². The highest BCUT2D eigenvalue weighted by atomic mass is 16.6. The Labute approximate surface area is 96.0 Å². The number of carbonyl (C=O) groups is 2. The van der Waals surface area contributed by atoms with Crippen molar-refractivity contribution < 1.29 is 25.2 Å². The monoisotopic (exact) mass is 233 g/mol. The van der Waals surface area contributed by atoms with E-state index in [2.05, 4.69) is 16.6 Å². The first-order valence-corrected chi connectivity index (χ1v) is 4.98. The summed E-state index contributed by atoms with van der Waals surface area (Å²) in [5.74, 6) is -0.522. The Morgan fingerprint density at radius 1 is 1.31 bits per heavy atom. The summed E-state index contributed by atoms with van der Waals surface area (Å²) in [5, 5.41) is 2.41. The molecule has 0 heterocycles. The van der Waals surface area contributed by atoms with E-state index in [9.17, 15) is 9.59 Å². The SMILES string of the molecule is C=CC(=O)OCCNC(=O)OCCOCC.[HH]. The molecule has 0 aromatic heterocycles. The lowest BCUT2D eigenvalue weighted by Crippen LogP contribution is -2.29. The van der Waals surface area contributed by atoms with Crippen LogP contribution in [0.2, 0.25) is 0 Å². The summed E-state index contributed by atoms with van der Waals surface area (Å²) >= 11 is 0. The summed E-state index contributed by atoms with van der Waals surface area (Å²) in [6.07, 6.45) is 0.495. The molecule has 0 aliphatic heterocycles. The summed E-state index contributed by atoms with van der Waals surface area (Å²) in [4.78, 5) is 21.6. The smallest absolute Gasteiger partial charge is 0.407 e. The van der Waals surface area contributed by atoms with Crippen LogP contribution in [0.1, 0.15) is 8.35 Å². The highest BCUT2D eigenvalue weighted by Crippen LogP contribution is 1.81. The van der Waals surface area contributed by atoms with Crippen molar-refractivity contribution in [2.24, 2.45) is 0 Å². The molecule has 0 fully saturated rings. The van der Waals surface area contributed by atoms with Gasteiger partial charge in [0.05, 0.1) is 13.2 Å². The van der Waals surface area contributed by atoms with Crippen molar-refractivity contribution in [2.45, 2.75) is 6.92 Å². The second kappa shape index (κ2) is 9.97. The number of alkyl carbamates (subject to hydrolysis) is 1. The molecule has 0 unspecified atom stereocenters. The number of ether oxygens (including phenoxy) is 3. The van der Waals surface area contributed by atoms with Gasteiger partial charge in [-0.15, -0.1) is 0 Å². The zero-order valence-corrected chi connectivity index (χ0v) is 9.36. The van der Waals surface area contributed by atoms with Gasteiger partial charge in [-0.1, -0.05) is 6.58 Å². The second-order valence-electron chi connectivity index (χ2n) is 2.63. The van der Waals surface area contributed by atoms with Crippen LogP contribution in [0.3, 0.4) is 0 Å². The number of hydrogen-bond donors (Lipinski definition) is 1. The summed E-state index contributed by atoms with van der Waals surface area (Å²) in [7, 11) is 0. The lowest BCUT2D eigenvalue weighted by atomic mass is 10.6. The van der Waals surface area contributed by atoms with E-state index in [-0.39, 0.29) is 21.2 Å². The molecule has 16 heavy (non-hydrogen) atoms. The molecule has 1 amide bonds. The maximum Gasteiger partial charge on any atom is 0.407 e. The predicted octanol–water partition coefficient (Wildman–Crippen LogP) is 0.724. The molecule has 0 rings (SSSR count). The first-order chi connectivity index (χ1) is 7.70. The minimum atomic E-state index is -0.561. The topological polar surface area (TPSA) is 73.9 Å². The van der Waals surface area contributed by atoms with Crippen molar-refractivity contribution in [3.05, 3.63) is 12.7 Å². The fourth-order valence-corrected chi connectivity index (χ4v) is 0.752. The number of nitrogens with one attached hydrogen (secondary N) is 1. The van der Waals surface area contributed by atoms with Crippen LogP contribution in [0.25, 0.3) is 0 Å². The van der Waals surface area contributed by atoms with Gasteiger partial charge in [0.25, 0.3) is 0 Å². The molecule has 6 nitrogen and oxygen atoms in total. The van der Waals surface area contributed by atoms with Gasteiger partial charge in [0.2, 0.25) is 0 Å². The zero-order chi connectivity index (χ0) is 12.2. The molecule has 0 bridgehead atoms. The van der Waals surface area contributed by atoms with Gasteiger partial charge < -0.3 is 19.5 Å². The molecule has 0 aromatic carbocycles. The minimum Gasteiger partial charge on any atom is -0.461 e. The quantitative estimate of drug-likeness (QED) is 0.380. The zero-order valence-electron chi connectivity index (χ0n) is 9.36. The number of hydrogen-bond acceptors (Lipinski definition) is 5. The highest BCUT2D eigenvalue weighted by Gasteiger charge is 2.01. The van der Waals surface area contributed by atoms with E-state index >= 15 is 0 Å². The molecular formula is C10H19NO5. The van der Waals surface area contributed by atoms with Gasteiger partial charge in [-0.2, -0.15) is 0 Å². The van der Waals surface area contributed by atoms with E-state index in [0.717, 1.165) is 6.08 Å². The van der Waals surface area contributed by atoms with Gasteiger partial charge >= 0.3 is 12.1 Å². The average molecular weight is 233 g/mol. The van der Waals surface area contributed by atoms with Crippen LogP contribution in [-0.4, -0.2) is 45.0 Å². The Bertz CT molecular complexity index is 235.